The predicted octanol–water partition coefficient (Wildman–Crippen LogP) is -0.643. The first-order chi connectivity index (χ1) is 14.5. The van der Waals surface area contributed by atoms with E-state index in [2.05, 4.69) is 27.5 Å². The Morgan fingerprint density at radius 3 is 2.77 bits per heavy atom. The zero-order chi connectivity index (χ0) is 21.1. The largest absolute Gasteiger partial charge is 0.462 e. The summed E-state index contributed by atoms with van der Waals surface area (Å²) in [6.45, 7) is 5.34. The minimum atomic E-state index is -0.135. The summed E-state index contributed by atoms with van der Waals surface area (Å²) in [7, 11) is 2.09. The zero-order valence-corrected chi connectivity index (χ0v) is 17.7. The normalized spacial score (nSPS) is 27.9. The van der Waals surface area contributed by atoms with Gasteiger partial charge in [0.15, 0.2) is 0 Å². The van der Waals surface area contributed by atoms with E-state index in [0.717, 1.165) is 51.3 Å². The Balaban J connectivity index is 1.28. The first-order valence-corrected chi connectivity index (χ1v) is 10.9. The smallest absolute Gasteiger partial charge is 0.237 e. The number of rotatable bonds is 7. The van der Waals surface area contributed by atoms with Gasteiger partial charge in [-0.2, -0.15) is 0 Å². The Kier molecular flexibility index (Phi) is 6.72. The van der Waals surface area contributed by atoms with Crippen molar-refractivity contribution in [2.75, 3.05) is 46.3 Å². The summed E-state index contributed by atoms with van der Waals surface area (Å²) in [4.78, 5) is 31.5. The third-order valence-corrected chi connectivity index (χ3v) is 6.61. The van der Waals surface area contributed by atoms with Crippen LogP contribution in [0.1, 0.15) is 30.8 Å². The van der Waals surface area contributed by atoms with Crippen LogP contribution in [0.2, 0.25) is 0 Å². The van der Waals surface area contributed by atoms with Gasteiger partial charge in [-0.05, 0) is 32.0 Å². The van der Waals surface area contributed by atoms with Crippen molar-refractivity contribution in [1.29, 1.82) is 0 Å². The van der Waals surface area contributed by atoms with Crippen LogP contribution >= 0.6 is 0 Å². The van der Waals surface area contributed by atoms with Gasteiger partial charge >= 0.3 is 0 Å². The molecule has 1 aromatic rings. The van der Waals surface area contributed by atoms with E-state index in [1.54, 1.807) is 6.07 Å². The molecule has 30 heavy (non-hydrogen) atoms. The third-order valence-electron chi connectivity index (χ3n) is 6.61. The molecule has 3 aliphatic rings. The molecule has 9 heteroatoms. The van der Waals surface area contributed by atoms with Crippen molar-refractivity contribution in [2.24, 2.45) is 0 Å². The molecule has 3 atom stereocenters. The van der Waals surface area contributed by atoms with Gasteiger partial charge < -0.3 is 30.0 Å². The van der Waals surface area contributed by atoms with Crippen LogP contribution in [0.4, 0.5) is 0 Å². The number of hydrogen-bond donors (Lipinski definition) is 3. The molecule has 0 spiro atoms. The monoisotopic (exact) mass is 419 g/mol. The number of aliphatic hydroxyl groups is 1. The lowest BCUT2D eigenvalue weighted by molar-refractivity contribution is -0.133. The second-order valence-electron chi connectivity index (χ2n) is 8.67. The second-order valence-corrected chi connectivity index (χ2v) is 8.67. The lowest BCUT2D eigenvalue weighted by atomic mass is 10.0. The van der Waals surface area contributed by atoms with E-state index in [-0.39, 0.29) is 36.5 Å². The number of carbonyl (C=O) groups is 2. The third kappa shape index (κ3) is 4.85. The fourth-order valence-electron chi connectivity index (χ4n) is 4.74. The van der Waals surface area contributed by atoms with Gasteiger partial charge in [0.05, 0.1) is 12.6 Å². The van der Waals surface area contributed by atoms with Crippen LogP contribution in [0.15, 0.2) is 16.5 Å². The SMILES string of the molecule is CN1CCN(C(=O)CCC2CNC(=O)C3CC(NCc4ccc(CO)o4)CN23)CC1. The summed E-state index contributed by atoms with van der Waals surface area (Å²) in [5.74, 6) is 1.65. The Morgan fingerprint density at radius 2 is 2.03 bits per heavy atom. The first kappa shape index (κ1) is 21.3. The van der Waals surface area contributed by atoms with Gasteiger partial charge in [-0.25, -0.2) is 0 Å². The molecule has 3 aliphatic heterocycles. The number of furan rings is 1. The number of fused-ring (bicyclic) bond motifs is 1. The van der Waals surface area contributed by atoms with Crippen LogP contribution in [0.3, 0.4) is 0 Å². The lowest BCUT2D eigenvalue weighted by Gasteiger charge is -2.38. The number of nitrogens with one attached hydrogen (secondary N) is 2. The molecule has 0 aromatic carbocycles. The molecule has 2 amide bonds. The maximum absolute atomic E-state index is 12.6. The topological polar surface area (TPSA) is 101 Å². The van der Waals surface area contributed by atoms with Crippen LogP contribution in [-0.2, 0) is 22.7 Å². The minimum Gasteiger partial charge on any atom is -0.462 e. The number of carbonyl (C=O) groups excluding carboxylic acids is 2. The summed E-state index contributed by atoms with van der Waals surface area (Å²) in [5, 5.41) is 15.6. The molecular weight excluding hydrogens is 386 g/mol. The first-order valence-electron chi connectivity index (χ1n) is 10.9. The van der Waals surface area contributed by atoms with E-state index in [1.165, 1.54) is 0 Å². The minimum absolute atomic E-state index is 0.0847. The molecule has 0 aliphatic carbocycles. The summed E-state index contributed by atoms with van der Waals surface area (Å²) in [5.41, 5.74) is 0. The number of nitrogens with zero attached hydrogens (tertiary/aromatic N) is 3. The number of likely N-dealkylation sites (N-methyl/N-ethyl adjacent to an activating group) is 1. The highest BCUT2D eigenvalue weighted by atomic mass is 16.4. The molecule has 3 unspecified atom stereocenters. The van der Waals surface area contributed by atoms with Gasteiger partial charge in [-0.15, -0.1) is 0 Å². The molecule has 1 aromatic heterocycles. The maximum Gasteiger partial charge on any atom is 0.237 e. The molecule has 4 rings (SSSR count). The molecule has 166 valence electrons. The summed E-state index contributed by atoms with van der Waals surface area (Å²) >= 11 is 0. The van der Waals surface area contributed by atoms with Crippen molar-refractivity contribution in [3.05, 3.63) is 23.7 Å². The van der Waals surface area contributed by atoms with Gasteiger partial charge in [0.25, 0.3) is 0 Å². The van der Waals surface area contributed by atoms with E-state index in [9.17, 15) is 9.59 Å². The molecule has 9 nitrogen and oxygen atoms in total. The van der Waals surface area contributed by atoms with E-state index < -0.39 is 0 Å². The number of aliphatic hydroxyl groups excluding tert-OH is 1. The Labute approximate surface area is 177 Å². The molecule has 4 heterocycles. The maximum atomic E-state index is 12.6. The highest BCUT2D eigenvalue weighted by Gasteiger charge is 2.43. The number of amides is 2. The number of piperazine rings is 2. The Hall–Kier alpha value is -1.94. The highest BCUT2D eigenvalue weighted by molar-refractivity contribution is 5.83. The standard InChI is InChI=1S/C21H33N5O4/c1-24-6-8-25(9-7-24)20(28)5-2-16-11-23-21(29)19-10-15(13-26(16)19)22-12-17-3-4-18(14-27)30-17/h3-4,15-16,19,22,27H,2,5-14H2,1H3,(H,23,29). The van der Waals surface area contributed by atoms with Gasteiger partial charge in [0.2, 0.25) is 11.8 Å². The van der Waals surface area contributed by atoms with E-state index in [0.29, 0.717) is 25.3 Å². The van der Waals surface area contributed by atoms with Gasteiger partial charge in [0.1, 0.15) is 18.1 Å². The lowest BCUT2D eigenvalue weighted by Crippen LogP contribution is -2.58. The second kappa shape index (κ2) is 9.47. The van der Waals surface area contributed by atoms with Crippen molar-refractivity contribution in [1.82, 2.24) is 25.3 Å². The van der Waals surface area contributed by atoms with Crippen molar-refractivity contribution in [2.45, 2.75) is 50.5 Å². The Morgan fingerprint density at radius 1 is 1.27 bits per heavy atom. The zero-order valence-electron chi connectivity index (χ0n) is 17.7. The van der Waals surface area contributed by atoms with Crippen molar-refractivity contribution in [3.63, 3.8) is 0 Å². The van der Waals surface area contributed by atoms with E-state index in [1.807, 2.05) is 11.0 Å². The Bertz CT molecular complexity index is 746. The molecule has 0 saturated carbocycles. The molecule has 0 radical (unpaired) electrons. The average Bonchev–Trinajstić information content (AvgIpc) is 3.39. The molecule has 3 N–H and O–H groups in total. The summed E-state index contributed by atoms with van der Waals surface area (Å²) in [6, 6.07) is 3.89. The van der Waals surface area contributed by atoms with E-state index in [4.69, 9.17) is 9.52 Å². The highest BCUT2D eigenvalue weighted by Crippen LogP contribution is 2.26. The van der Waals surface area contributed by atoms with Crippen molar-refractivity contribution < 1.29 is 19.1 Å². The van der Waals surface area contributed by atoms with Gasteiger partial charge in [0, 0.05) is 57.8 Å². The van der Waals surface area contributed by atoms with Crippen molar-refractivity contribution in [3.8, 4) is 0 Å². The molecule has 0 bridgehead atoms. The fraction of sp³-hybridized carbons (Fsp3) is 0.714. The number of hydrogen-bond acceptors (Lipinski definition) is 7. The van der Waals surface area contributed by atoms with Gasteiger partial charge in [-0.3, -0.25) is 14.5 Å². The van der Waals surface area contributed by atoms with Crippen LogP contribution in [0, 0.1) is 0 Å². The van der Waals surface area contributed by atoms with Crippen LogP contribution in [0.25, 0.3) is 0 Å². The molecule has 3 fully saturated rings. The molecule has 3 saturated heterocycles. The van der Waals surface area contributed by atoms with E-state index >= 15 is 0 Å². The fourth-order valence-corrected chi connectivity index (χ4v) is 4.74. The molecular formula is C21H33N5O4. The van der Waals surface area contributed by atoms with Crippen molar-refractivity contribution >= 4 is 11.8 Å². The summed E-state index contributed by atoms with van der Waals surface area (Å²) < 4.78 is 5.53. The van der Waals surface area contributed by atoms with Gasteiger partial charge in [-0.1, -0.05) is 0 Å². The van der Waals surface area contributed by atoms with Crippen LogP contribution < -0.4 is 10.6 Å². The summed E-state index contributed by atoms with van der Waals surface area (Å²) in [6.07, 6.45) is 2.05. The van der Waals surface area contributed by atoms with Crippen LogP contribution in [-0.4, -0.2) is 96.1 Å². The van der Waals surface area contributed by atoms with Crippen LogP contribution in [0.5, 0.6) is 0 Å². The predicted molar refractivity (Wildman–Crippen MR) is 110 cm³/mol. The average molecular weight is 420 g/mol. The quantitative estimate of drug-likeness (QED) is 0.540.